The average Bonchev–Trinajstić information content (AvgIpc) is 3.06. The van der Waals surface area contributed by atoms with Gasteiger partial charge in [0.25, 0.3) is 0 Å². The third-order valence-corrected chi connectivity index (χ3v) is 4.29. The maximum absolute atomic E-state index is 12.4. The van der Waals surface area contributed by atoms with Crippen LogP contribution in [0.25, 0.3) is 0 Å². The molecule has 0 aliphatic carbocycles. The van der Waals surface area contributed by atoms with Gasteiger partial charge in [0.05, 0.1) is 13.0 Å². The number of ether oxygens (including phenoxy) is 2. The third-order valence-electron chi connectivity index (χ3n) is 4.29. The van der Waals surface area contributed by atoms with Crippen LogP contribution >= 0.6 is 0 Å². The van der Waals surface area contributed by atoms with Gasteiger partial charge in [-0.25, -0.2) is 9.97 Å². The second kappa shape index (κ2) is 6.91. The first-order valence-corrected chi connectivity index (χ1v) is 7.75. The standard InChI is InChI=1S/C15H22N4O3/c1-21-14-8-13(16-10-17-14)19-5-2-11(9-19)15(20)18-12-3-6-22-7-4-12/h8,10-12H,2-7,9H2,1H3,(H,18,20). The van der Waals surface area contributed by atoms with Crippen molar-refractivity contribution in [2.75, 3.05) is 38.3 Å². The lowest BCUT2D eigenvalue weighted by Gasteiger charge is -2.24. The lowest BCUT2D eigenvalue weighted by atomic mass is 10.1. The van der Waals surface area contributed by atoms with Gasteiger partial charge >= 0.3 is 0 Å². The Bertz CT molecular complexity index is 519. The fourth-order valence-electron chi connectivity index (χ4n) is 2.96. The van der Waals surface area contributed by atoms with Crippen LogP contribution in [0.1, 0.15) is 19.3 Å². The van der Waals surface area contributed by atoms with Crippen molar-refractivity contribution in [2.45, 2.75) is 25.3 Å². The summed E-state index contributed by atoms with van der Waals surface area (Å²) in [5, 5.41) is 3.15. The van der Waals surface area contributed by atoms with E-state index in [1.165, 1.54) is 6.33 Å². The molecule has 2 aliphatic heterocycles. The molecule has 0 saturated carbocycles. The zero-order valence-corrected chi connectivity index (χ0v) is 12.8. The maximum Gasteiger partial charge on any atom is 0.225 e. The van der Waals surface area contributed by atoms with Crippen LogP contribution in [-0.4, -0.2) is 55.3 Å². The van der Waals surface area contributed by atoms with Crippen LogP contribution < -0.4 is 15.0 Å². The number of methoxy groups -OCH3 is 1. The van der Waals surface area contributed by atoms with Gasteiger partial charge in [0.2, 0.25) is 11.8 Å². The van der Waals surface area contributed by atoms with Crippen molar-refractivity contribution in [3.63, 3.8) is 0 Å². The Morgan fingerprint density at radius 3 is 2.95 bits per heavy atom. The smallest absolute Gasteiger partial charge is 0.225 e. The molecule has 1 aromatic heterocycles. The molecule has 2 saturated heterocycles. The number of hydrogen-bond donors (Lipinski definition) is 1. The van der Waals surface area contributed by atoms with E-state index in [1.807, 2.05) is 0 Å². The Hall–Kier alpha value is -1.89. The molecule has 3 rings (SSSR count). The van der Waals surface area contributed by atoms with Crippen molar-refractivity contribution in [1.29, 1.82) is 0 Å². The average molecular weight is 306 g/mol. The maximum atomic E-state index is 12.4. The highest BCUT2D eigenvalue weighted by Crippen LogP contribution is 2.24. The van der Waals surface area contributed by atoms with Crippen LogP contribution in [0.2, 0.25) is 0 Å². The van der Waals surface area contributed by atoms with E-state index in [9.17, 15) is 4.79 Å². The molecule has 1 aromatic rings. The van der Waals surface area contributed by atoms with Crippen LogP contribution in [-0.2, 0) is 9.53 Å². The SMILES string of the molecule is COc1cc(N2CCC(C(=O)NC3CCOCC3)C2)ncn1. The summed E-state index contributed by atoms with van der Waals surface area (Å²) < 4.78 is 10.4. The lowest BCUT2D eigenvalue weighted by Crippen LogP contribution is -2.42. The fraction of sp³-hybridized carbons (Fsp3) is 0.667. The molecule has 22 heavy (non-hydrogen) atoms. The number of carbonyl (C=O) groups excluding carboxylic acids is 1. The summed E-state index contributed by atoms with van der Waals surface area (Å²) in [5.41, 5.74) is 0. The summed E-state index contributed by atoms with van der Waals surface area (Å²) in [4.78, 5) is 22.8. The predicted octanol–water partition coefficient (Wildman–Crippen LogP) is 0.607. The summed E-state index contributed by atoms with van der Waals surface area (Å²) in [6, 6.07) is 2.06. The molecule has 1 N–H and O–H groups in total. The Morgan fingerprint density at radius 1 is 1.36 bits per heavy atom. The molecular formula is C15H22N4O3. The van der Waals surface area contributed by atoms with Gasteiger partial charge < -0.3 is 19.7 Å². The summed E-state index contributed by atoms with van der Waals surface area (Å²) in [7, 11) is 1.58. The molecule has 0 bridgehead atoms. The second-order valence-electron chi connectivity index (χ2n) is 5.75. The topological polar surface area (TPSA) is 76.6 Å². The van der Waals surface area contributed by atoms with Gasteiger partial charge in [-0.1, -0.05) is 0 Å². The number of nitrogens with one attached hydrogen (secondary N) is 1. The minimum Gasteiger partial charge on any atom is -0.481 e. The first kappa shape index (κ1) is 15.0. The molecule has 2 aliphatic rings. The zero-order chi connectivity index (χ0) is 15.4. The van der Waals surface area contributed by atoms with E-state index in [1.54, 1.807) is 13.2 Å². The number of hydrogen-bond acceptors (Lipinski definition) is 6. The molecule has 1 amide bonds. The monoisotopic (exact) mass is 306 g/mol. The molecule has 7 nitrogen and oxygen atoms in total. The van der Waals surface area contributed by atoms with E-state index in [0.29, 0.717) is 12.4 Å². The van der Waals surface area contributed by atoms with E-state index in [0.717, 1.165) is 44.8 Å². The molecule has 2 fully saturated rings. The molecule has 3 heterocycles. The molecule has 1 unspecified atom stereocenters. The molecule has 0 aromatic carbocycles. The highest BCUT2D eigenvalue weighted by molar-refractivity contribution is 5.80. The van der Waals surface area contributed by atoms with E-state index in [2.05, 4.69) is 20.2 Å². The Balaban J connectivity index is 1.55. The van der Waals surface area contributed by atoms with Crippen molar-refractivity contribution >= 4 is 11.7 Å². The zero-order valence-electron chi connectivity index (χ0n) is 12.8. The minimum absolute atomic E-state index is 0.0174. The number of anilines is 1. The molecular weight excluding hydrogens is 284 g/mol. The number of amides is 1. The second-order valence-corrected chi connectivity index (χ2v) is 5.75. The predicted molar refractivity (Wildman–Crippen MR) is 80.9 cm³/mol. The molecule has 0 spiro atoms. The van der Waals surface area contributed by atoms with Crippen molar-refractivity contribution < 1.29 is 14.3 Å². The van der Waals surface area contributed by atoms with Crippen molar-refractivity contribution in [3.05, 3.63) is 12.4 Å². The molecule has 7 heteroatoms. The highest BCUT2D eigenvalue weighted by Gasteiger charge is 2.30. The van der Waals surface area contributed by atoms with Crippen LogP contribution in [0.3, 0.4) is 0 Å². The van der Waals surface area contributed by atoms with E-state index in [-0.39, 0.29) is 17.9 Å². The van der Waals surface area contributed by atoms with Gasteiger partial charge in [-0.15, -0.1) is 0 Å². The Morgan fingerprint density at radius 2 is 2.18 bits per heavy atom. The van der Waals surface area contributed by atoms with Crippen LogP contribution in [0.5, 0.6) is 5.88 Å². The molecule has 0 radical (unpaired) electrons. The van der Waals surface area contributed by atoms with Gasteiger partial charge in [-0.2, -0.15) is 0 Å². The summed E-state index contributed by atoms with van der Waals surface area (Å²) >= 11 is 0. The van der Waals surface area contributed by atoms with E-state index in [4.69, 9.17) is 9.47 Å². The number of carbonyl (C=O) groups is 1. The van der Waals surface area contributed by atoms with Gasteiger partial charge in [0.1, 0.15) is 12.1 Å². The van der Waals surface area contributed by atoms with Crippen LogP contribution in [0, 0.1) is 5.92 Å². The number of aromatic nitrogens is 2. The van der Waals surface area contributed by atoms with Gasteiger partial charge in [0.15, 0.2) is 0 Å². The fourth-order valence-corrected chi connectivity index (χ4v) is 2.96. The summed E-state index contributed by atoms with van der Waals surface area (Å²) in [6.07, 6.45) is 4.15. The highest BCUT2D eigenvalue weighted by atomic mass is 16.5. The third kappa shape index (κ3) is 3.47. The molecule has 120 valence electrons. The van der Waals surface area contributed by atoms with Gasteiger partial charge in [-0.3, -0.25) is 4.79 Å². The van der Waals surface area contributed by atoms with E-state index >= 15 is 0 Å². The lowest BCUT2D eigenvalue weighted by molar-refractivity contribution is -0.125. The van der Waals surface area contributed by atoms with Crippen molar-refractivity contribution in [3.8, 4) is 5.88 Å². The van der Waals surface area contributed by atoms with Crippen LogP contribution in [0.15, 0.2) is 12.4 Å². The Kier molecular flexibility index (Phi) is 4.72. The first-order chi connectivity index (χ1) is 10.8. The van der Waals surface area contributed by atoms with Crippen molar-refractivity contribution in [2.24, 2.45) is 5.92 Å². The van der Waals surface area contributed by atoms with Gasteiger partial charge in [0, 0.05) is 38.4 Å². The number of nitrogens with zero attached hydrogens (tertiary/aromatic N) is 3. The molecule has 1 atom stereocenters. The normalized spacial score (nSPS) is 22.6. The van der Waals surface area contributed by atoms with E-state index < -0.39 is 0 Å². The summed E-state index contributed by atoms with van der Waals surface area (Å²) in [5.74, 6) is 1.52. The van der Waals surface area contributed by atoms with Crippen molar-refractivity contribution in [1.82, 2.24) is 15.3 Å². The van der Waals surface area contributed by atoms with Crippen LogP contribution in [0.4, 0.5) is 5.82 Å². The van der Waals surface area contributed by atoms with Gasteiger partial charge in [-0.05, 0) is 19.3 Å². The number of rotatable bonds is 4. The summed E-state index contributed by atoms with van der Waals surface area (Å²) in [6.45, 7) is 2.99. The quantitative estimate of drug-likeness (QED) is 0.878. The largest absolute Gasteiger partial charge is 0.481 e. The Labute approximate surface area is 130 Å². The minimum atomic E-state index is 0.0174. The first-order valence-electron chi connectivity index (χ1n) is 7.75.